The summed E-state index contributed by atoms with van der Waals surface area (Å²) in [5.74, 6) is 0.197. The number of rotatable bonds is 3. The lowest BCUT2D eigenvalue weighted by Crippen LogP contribution is -2.32. The quantitative estimate of drug-likeness (QED) is 0.678. The lowest BCUT2D eigenvalue weighted by molar-refractivity contribution is 0.0533. The number of carbonyl (C=O) groups excluding carboxylic acids is 1. The first-order valence-electron chi connectivity index (χ1n) is 7.47. The number of ether oxygens (including phenoxy) is 2. The van der Waals surface area contributed by atoms with E-state index in [9.17, 15) is 9.90 Å². The highest BCUT2D eigenvalue weighted by atomic mass is 16.5. The van der Waals surface area contributed by atoms with Gasteiger partial charge in [-0.05, 0) is 39.7 Å². The van der Waals surface area contributed by atoms with E-state index in [0.29, 0.717) is 22.4 Å². The molecule has 22 heavy (non-hydrogen) atoms. The summed E-state index contributed by atoms with van der Waals surface area (Å²) in [5, 5.41) is 10.1. The van der Waals surface area contributed by atoms with Crippen LogP contribution in [0, 0.1) is 0 Å². The summed E-state index contributed by atoms with van der Waals surface area (Å²) >= 11 is 0. The largest absolute Gasteiger partial charge is 0.507 e. The van der Waals surface area contributed by atoms with Crippen molar-refractivity contribution in [1.29, 1.82) is 0 Å². The summed E-state index contributed by atoms with van der Waals surface area (Å²) in [6, 6.07) is 1.58. The fraction of sp³-hybridized carbons (Fsp3) is 0.389. The van der Waals surface area contributed by atoms with E-state index in [1.54, 1.807) is 6.07 Å². The Morgan fingerprint density at radius 2 is 2.23 bits per heavy atom. The monoisotopic (exact) mass is 300 g/mol. The van der Waals surface area contributed by atoms with Crippen molar-refractivity contribution in [3.8, 4) is 11.5 Å². The highest BCUT2D eigenvalue weighted by Gasteiger charge is 2.34. The van der Waals surface area contributed by atoms with Gasteiger partial charge in [0.1, 0.15) is 23.7 Å². The summed E-state index contributed by atoms with van der Waals surface area (Å²) in [5.41, 5.74) is 2.52. The van der Waals surface area contributed by atoms with Crippen LogP contribution in [0.3, 0.4) is 0 Å². The van der Waals surface area contributed by atoms with Crippen LogP contribution in [0.1, 0.15) is 55.1 Å². The second-order valence-electron chi connectivity index (χ2n) is 6.31. The molecule has 0 amide bonds. The summed E-state index contributed by atoms with van der Waals surface area (Å²) in [7, 11) is 0. The minimum Gasteiger partial charge on any atom is -0.507 e. The number of cyclic esters (lactones) is 1. The Hall–Kier alpha value is -2.23. The maximum absolute atomic E-state index is 11.9. The van der Waals surface area contributed by atoms with Crippen molar-refractivity contribution < 1.29 is 19.4 Å². The molecule has 0 fully saturated rings. The van der Waals surface area contributed by atoms with Gasteiger partial charge >= 0.3 is 5.97 Å². The van der Waals surface area contributed by atoms with Gasteiger partial charge in [0, 0.05) is 17.2 Å². The fourth-order valence-electron chi connectivity index (χ4n) is 2.87. The predicted octanol–water partition coefficient (Wildman–Crippen LogP) is 3.97. The average Bonchev–Trinajstić information content (AvgIpc) is 2.81. The van der Waals surface area contributed by atoms with Crippen LogP contribution in [-0.2, 0) is 11.3 Å². The van der Waals surface area contributed by atoms with Crippen LogP contribution in [0.25, 0.3) is 6.08 Å². The first kappa shape index (κ1) is 14.7. The predicted molar refractivity (Wildman–Crippen MR) is 84.0 cm³/mol. The van der Waals surface area contributed by atoms with Gasteiger partial charge < -0.3 is 14.6 Å². The normalized spacial score (nSPS) is 21.7. The van der Waals surface area contributed by atoms with Crippen molar-refractivity contribution in [3.05, 3.63) is 40.5 Å². The first-order valence-corrected chi connectivity index (χ1v) is 7.47. The molecule has 116 valence electrons. The maximum Gasteiger partial charge on any atom is 0.339 e. The Morgan fingerprint density at radius 3 is 2.95 bits per heavy atom. The van der Waals surface area contributed by atoms with E-state index in [1.165, 1.54) is 5.57 Å². The van der Waals surface area contributed by atoms with Gasteiger partial charge in [-0.3, -0.25) is 0 Å². The lowest BCUT2D eigenvalue weighted by Gasteiger charge is -2.32. The third-order valence-electron chi connectivity index (χ3n) is 4.10. The number of hydrogen-bond acceptors (Lipinski definition) is 4. The molecular formula is C18H20O4. The van der Waals surface area contributed by atoms with E-state index < -0.39 is 11.6 Å². The van der Waals surface area contributed by atoms with Gasteiger partial charge in [0.25, 0.3) is 0 Å². The Balaban J connectivity index is 1.92. The molecule has 3 rings (SSSR count). The highest BCUT2D eigenvalue weighted by Crippen LogP contribution is 2.42. The van der Waals surface area contributed by atoms with Crippen LogP contribution in [0.4, 0.5) is 0 Å². The molecule has 1 unspecified atom stereocenters. The van der Waals surface area contributed by atoms with Gasteiger partial charge in [0.05, 0.1) is 5.56 Å². The number of aromatic hydroxyl groups is 1. The first-order chi connectivity index (χ1) is 10.4. The summed E-state index contributed by atoms with van der Waals surface area (Å²) in [6.45, 7) is 6.27. The molecule has 0 aliphatic carbocycles. The Labute approximate surface area is 130 Å². The van der Waals surface area contributed by atoms with Gasteiger partial charge in [-0.2, -0.15) is 0 Å². The summed E-state index contributed by atoms with van der Waals surface area (Å²) < 4.78 is 11.1. The number of esters is 1. The van der Waals surface area contributed by atoms with Gasteiger partial charge in [0.2, 0.25) is 0 Å². The maximum atomic E-state index is 11.9. The van der Waals surface area contributed by atoms with E-state index in [2.05, 4.69) is 19.9 Å². The molecule has 2 aliphatic heterocycles. The standard InChI is InChI=1S/C18H20O4/c1-11(2)5-4-7-18(3)8-6-12-15(22-18)9-14(19)13-10-21-17(20)16(12)13/h5-6,8-9,19H,4,7,10H2,1-3H3. The van der Waals surface area contributed by atoms with Crippen LogP contribution in [-0.4, -0.2) is 16.7 Å². The Morgan fingerprint density at radius 1 is 1.45 bits per heavy atom. The molecule has 0 spiro atoms. The second-order valence-corrected chi connectivity index (χ2v) is 6.31. The van der Waals surface area contributed by atoms with Crippen LogP contribution >= 0.6 is 0 Å². The zero-order valence-electron chi connectivity index (χ0n) is 13.1. The van der Waals surface area contributed by atoms with Crippen molar-refractivity contribution in [3.63, 3.8) is 0 Å². The van der Waals surface area contributed by atoms with Gasteiger partial charge in [-0.1, -0.05) is 17.7 Å². The third kappa shape index (κ3) is 2.49. The van der Waals surface area contributed by atoms with Crippen LogP contribution in [0.15, 0.2) is 23.8 Å². The van der Waals surface area contributed by atoms with E-state index in [4.69, 9.17) is 9.47 Å². The number of phenolic OH excluding ortho intramolecular Hbond substituents is 1. The number of fused-ring (bicyclic) bond motifs is 3. The Kier molecular flexibility index (Phi) is 3.47. The molecule has 0 bridgehead atoms. The number of phenols is 1. The van der Waals surface area contributed by atoms with Gasteiger partial charge in [0.15, 0.2) is 0 Å². The molecule has 2 heterocycles. The number of hydrogen-bond donors (Lipinski definition) is 1. The second kappa shape index (κ2) is 5.20. The van der Waals surface area contributed by atoms with Crippen LogP contribution in [0.5, 0.6) is 11.5 Å². The molecule has 4 heteroatoms. The lowest BCUT2D eigenvalue weighted by atomic mass is 9.92. The smallest absolute Gasteiger partial charge is 0.339 e. The molecule has 4 nitrogen and oxygen atoms in total. The minimum atomic E-state index is -0.442. The zero-order valence-corrected chi connectivity index (χ0v) is 13.1. The number of carbonyl (C=O) groups is 1. The van der Waals surface area contributed by atoms with Crippen molar-refractivity contribution in [2.24, 2.45) is 0 Å². The topological polar surface area (TPSA) is 55.8 Å². The van der Waals surface area contributed by atoms with E-state index in [0.717, 1.165) is 12.8 Å². The van der Waals surface area contributed by atoms with Gasteiger partial charge in [-0.25, -0.2) is 4.79 Å². The van der Waals surface area contributed by atoms with Crippen molar-refractivity contribution in [2.75, 3.05) is 0 Å². The van der Waals surface area contributed by atoms with Gasteiger partial charge in [-0.15, -0.1) is 0 Å². The molecule has 0 aromatic heterocycles. The van der Waals surface area contributed by atoms with E-state index in [-0.39, 0.29) is 12.4 Å². The molecular weight excluding hydrogens is 280 g/mol. The third-order valence-corrected chi connectivity index (χ3v) is 4.10. The van der Waals surface area contributed by atoms with E-state index in [1.807, 2.05) is 19.1 Å². The SMILES string of the molecule is CC(C)=CCCC1(C)C=Cc2c(cc(O)c3c2C(=O)OC3)O1. The summed E-state index contributed by atoms with van der Waals surface area (Å²) in [6.07, 6.45) is 7.81. The molecule has 0 radical (unpaired) electrons. The van der Waals surface area contributed by atoms with Crippen molar-refractivity contribution >= 4 is 12.0 Å². The van der Waals surface area contributed by atoms with Crippen molar-refractivity contribution in [1.82, 2.24) is 0 Å². The molecule has 1 atom stereocenters. The Bertz CT molecular complexity index is 696. The number of benzene rings is 1. The number of allylic oxidation sites excluding steroid dienone is 2. The molecule has 0 saturated carbocycles. The van der Waals surface area contributed by atoms with Crippen molar-refractivity contribution in [2.45, 2.75) is 45.8 Å². The van der Waals surface area contributed by atoms with Crippen LogP contribution in [0.2, 0.25) is 0 Å². The molecule has 1 aromatic carbocycles. The summed E-state index contributed by atoms with van der Waals surface area (Å²) in [4.78, 5) is 11.9. The minimum absolute atomic E-state index is 0.0570. The highest BCUT2D eigenvalue weighted by molar-refractivity contribution is 5.99. The van der Waals surface area contributed by atoms with Crippen LogP contribution < -0.4 is 4.74 Å². The zero-order chi connectivity index (χ0) is 15.9. The van der Waals surface area contributed by atoms with E-state index >= 15 is 0 Å². The molecule has 0 saturated heterocycles. The molecule has 2 aliphatic rings. The molecule has 1 N–H and O–H groups in total. The molecule has 1 aromatic rings. The fourth-order valence-corrected chi connectivity index (χ4v) is 2.87. The average molecular weight is 300 g/mol.